The van der Waals surface area contributed by atoms with E-state index in [1.54, 1.807) is 45.2 Å². The highest BCUT2D eigenvalue weighted by atomic mass is 16.6. The largest absolute Gasteiger partial charge is 0.459 e. The summed E-state index contributed by atoms with van der Waals surface area (Å²) in [6.45, 7) is 6.57. The summed E-state index contributed by atoms with van der Waals surface area (Å²) < 4.78 is 5.30. The molecule has 0 aliphatic heterocycles. The smallest absolute Gasteiger partial charge is 0.326 e. The van der Waals surface area contributed by atoms with Crippen molar-refractivity contribution in [2.24, 2.45) is 0 Å². The number of ether oxygens (including phenoxy) is 1. The van der Waals surface area contributed by atoms with E-state index in [0.717, 1.165) is 5.56 Å². The van der Waals surface area contributed by atoms with E-state index in [1.165, 1.54) is 11.1 Å². The lowest BCUT2D eigenvalue weighted by molar-refractivity contribution is -0.153. The quantitative estimate of drug-likeness (QED) is 0.729. The first-order valence-electron chi connectivity index (χ1n) is 9.18. The van der Waals surface area contributed by atoms with Crippen molar-refractivity contribution >= 4 is 29.3 Å². The molecule has 1 heterocycles. The second kappa shape index (κ2) is 9.68. The lowest BCUT2D eigenvalue weighted by atomic mass is 10.2. The first-order chi connectivity index (χ1) is 13.6. The van der Waals surface area contributed by atoms with E-state index in [-0.39, 0.29) is 13.1 Å². The van der Waals surface area contributed by atoms with Crippen molar-refractivity contribution in [3.63, 3.8) is 0 Å². The first kappa shape index (κ1) is 21.9. The van der Waals surface area contributed by atoms with Crippen LogP contribution in [0.15, 0.2) is 48.8 Å². The van der Waals surface area contributed by atoms with Crippen LogP contribution in [0.5, 0.6) is 0 Å². The molecule has 154 valence electrons. The minimum atomic E-state index is -0.674. The zero-order valence-electron chi connectivity index (χ0n) is 17.1. The van der Waals surface area contributed by atoms with Crippen LogP contribution >= 0.6 is 0 Å². The fourth-order valence-corrected chi connectivity index (χ4v) is 2.49. The maximum Gasteiger partial charge on any atom is 0.326 e. The Morgan fingerprint density at radius 3 is 2.52 bits per heavy atom. The number of esters is 1. The van der Waals surface area contributed by atoms with E-state index in [1.807, 2.05) is 25.1 Å². The number of nitrogens with one attached hydrogen (secondary N) is 2. The molecule has 0 aliphatic rings. The van der Waals surface area contributed by atoms with E-state index in [2.05, 4.69) is 15.6 Å². The van der Waals surface area contributed by atoms with Gasteiger partial charge >= 0.3 is 12.0 Å². The summed E-state index contributed by atoms with van der Waals surface area (Å²) in [5, 5.41) is 5.17. The van der Waals surface area contributed by atoms with Gasteiger partial charge in [-0.25, -0.2) is 4.79 Å². The monoisotopic (exact) mass is 398 g/mol. The number of hydrogen-bond donors (Lipinski definition) is 2. The Morgan fingerprint density at radius 1 is 1.14 bits per heavy atom. The Kier molecular flexibility index (Phi) is 7.30. The van der Waals surface area contributed by atoms with Gasteiger partial charge in [0, 0.05) is 11.9 Å². The molecule has 1 aromatic heterocycles. The van der Waals surface area contributed by atoms with Crippen molar-refractivity contribution in [1.29, 1.82) is 0 Å². The third-order valence-electron chi connectivity index (χ3n) is 3.64. The number of urea groups is 1. The standard InChI is InChI=1S/C21H26N4O4/c1-15-7-5-8-16(11-15)24-20(28)23-13-18(26)25(17-9-6-10-22-12-17)14-19(27)29-21(2,3)4/h5-12H,13-14H2,1-4H3,(H2,23,24,28). The highest BCUT2D eigenvalue weighted by Crippen LogP contribution is 2.14. The normalized spacial score (nSPS) is 10.8. The fourth-order valence-electron chi connectivity index (χ4n) is 2.49. The molecule has 0 radical (unpaired) electrons. The predicted molar refractivity (Wildman–Crippen MR) is 111 cm³/mol. The zero-order valence-corrected chi connectivity index (χ0v) is 17.1. The van der Waals surface area contributed by atoms with Crippen LogP contribution in [0.2, 0.25) is 0 Å². The molecule has 0 fully saturated rings. The van der Waals surface area contributed by atoms with Crippen molar-refractivity contribution < 1.29 is 19.1 Å². The molecule has 2 rings (SSSR count). The van der Waals surface area contributed by atoms with Gasteiger partial charge in [-0.3, -0.25) is 19.5 Å². The molecule has 0 unspecified atom stereocenters. The van der Waals surface area contributed by atoms with Gasteiger partial charge in [0.2, 0.25) is 5.91 Å². The van der Waals surface area contributed by atoms with Gasteiger partial charge < -0.3 is 15.4 Å². The molecule has 29 heavy (non-hydrogen) atoms. The van der Waals surface area contributed by atoms with Crippen LogP contribution in [0.4, 0.5) is 16.2 Å². The number of nitrogens with zero attached hydrogens (tertiary/aromatic N) is 2. The van der Waals surface area contributed by atoms with Gasteiger partial charge in [0.15, 0.2) is 0 Å². The second-order valence-electron chi connectivity index (χ2n) is 7.45. The predicted octanol–water partition coefficient (Wildman–Crippen LogP) is 2.89. The number of carbonyl (C=O) groups excluding carboxylic acids is 3. The van der Waals surface area contributed by atoms with Gasteiger partial charge in [-0.15, -0.1) is 0 Å². The Balaban J connectivity index is 2.01. The molecule has 0 bridgehead atoms. The van der Waals surface area contributed by atoms with E-state index < -0.39 is 23.5 Å². The number of anilines is 2. The summed E-state index contributed by atoms with van der Waals surface area (Å²) in [5.41, 5.74) is 1.38. The minimum Gasteiger partial charge on any atom is -0.459 e. The highest BCUT2D eigenvalue weighted by molar-refractivity contribution is 6.01. The van der Waals surface area contributed by atoms with Crippen LogP contribution in [0.25, 0.3) is 0 Å². The minimum absolute atomic E-state index is 0.289. The van der Waals surface area contributed by atoms with Crippen LogP contribution in [-0.2, 0) is 14.3 Å². The average Bonchev–Trinajstić information content (AvgIpc) is 2.63. The average molecular weight is 398 g/mol. The third kappa shape index (κ3) is 7.61. The SMILES string of the molecule is Cc1cccc(NC(=O)NCC(=O)N(CC(=O)OC(C)(C)C)c2cccnc2)c1. The van der Waals surface area contributed by atoms with Crippen LogP contribution in [-0.4, -0.2) is 41.6 Å². The summed E-state index contributed by atoms with van der Waals surface area (Å²) in [5.74, 6) is -1.03. The lowest BCUT2D eigenvalue weighted by Crippen LogP contribution is -2.45. The summed E-state index contributed by atoms with van der Waals surface area (Å²) in [6.07, 6.45) is 3.03. The van der Waals surface area contributed by atoms with Gasteiger partial charge in [0.05, 0.1) is 18.4 Å². The third-order valence-corrected chi connectivity index (χ3v) is 3.64. The summed E-state index contributed by atoms with van der Waals surface area (Å²) in [6, 6.07) is 10.1. The highest BCUT2D eigenvalue weighted by Gasteiger charge is 2.24. The maximum absolute atomic E-state index is 12.7. The number of hydrogen-bond acceptors (Lipinski definition) is 5. The molecule has 0 saturated heterocycles. The van der Waals surface area contributed by atoms with Crippen molar-refractivity contribution in [3.8, 4) is 0 Å². The Hall–Kier alpha value is -3.42. The molecule has 0 aliphatic carbocycles. The van der Waals surface area contributed by atoms with Crippen molar-refractivity contribution in [3.05, 3.63) is 54.4 Å². The van der Waals surface area contributed by atoms with Crippen LogP contribution < -0.4 is 15.5 Å². The molecule has 1 aromatic carbocycles. The number of aryl methyl sites for hydroxylation is 1. The van der Waals surface area contributed by atoms with E-state index >= 15 is 0 Å². The molecule has 3 amide bonds. The Bertz CT molecular complexity index is 862. The molecule has 2 N–H and O–H groups in total. The number of pyridine rings is 1. The number of amides is 3. The lowest BCUT2D eigenvalue weighted by Gasteiger charge is -2.25. The number of carbonyl (C=O) groups is 3. The van der Waals surface area contributed by atoms with Crippen molar-refractivity contribution in [2.45, 2.75) is 33.3 Å². The number of aromatic nitrogens is 1. The Labute approximate surface area is 170 Å². The molecule has 0 spiro atoms. The van der Waals surface area contributed by atoms with E-state index in [9.17, 15) is 14.4 Å². The zero-order chi connectivity index (χ0) is 21.4. The van der Waals surface area contributed by atoms with Crippen molar-refractivity contribution in [1.82, 2.24) is 10.3 Å². The van der Waals surface area contributed by atoms with Gasteiger partial charge in [-0.2, -0.15) is 0 Å². The summed E-state index contributed by atoms with van der Waals surface area (Å²) in [4.78, 5) is 42.2. The molecular weight excluding hydrogens is 372 g/mol. The first-order valence-corrected chi connectivity index (χ1v) is 9.18. The molecular formula is C21H26N4O4. The fraction of sp³-hybridized carbons (Fsp3) is 0.333. The maximum atomic E-state index is 12.7. The number of rotatable bonds is 6. The van der Waals surface area contributed by atoms with Crippen LogP contribution in [0, 0.1) is 6.92 Å². The molecule has 8 nitrogen and oxygen atoms in total. The van der Waals surface area contributed by atoms with Gasteiger partial charge in [0.1, 0.15) is 12.1 Å². The number of benzene rings is 1. The van der Waals surface area contributed by atoms with Gasteiger partial charge in [-0.05, 0) is 57.5 Å². The summed E-state index contributed by atoms with van der Waals surface area (Å²) >= 11 is 0. The van der Waals surface area contributed by atoms with Crippen molar-refractivity contribution in [2.75, 3.05) is 23.3 Å². The second-order valence-corrected chi connectivity index (χ2v) is 7.45. The van der Waals surface area contributed by atoms with Gasteiger partial charge in [-0.1, -0.05) is 12.1 Å². The molecule has 0 atom stereocenters. The molecule has 2 aromatic rings. The van der Waals surface area contributed by atoms with Crippen LogP contribution in [0.1, 0.15) is 26.3 Å². The summed E-state index contributed by atoms with van der Waals surface area (Å²) in [7, 11) is 0. The van der Waals surface area contributed by atoms with Crippen LogP contribution in [0.3, 0.4) is 0 Å². The molecule has 8 heteroatoms. The van der Waals surface area contributed by atoms with E-state index in [4.69, 9.17) is 4.74 Å². The Morgan fingerprint density at radius 2 is 1.90 bits per heavy atom. The topological polar surface area (TPSA) is 101 Å². The molecule has 0 saturated carbocycles. The van der Waals surface area contributed by atoms with Gasteiger partial charge in [0.25, 0.3) is 0 Å². The van der Waals surface area contributed by atoms with E-state index in [0.29, 0.717) is 11.4 Å².